The SMILES string of the molecule is Cc1cc(NC(=O)C2(O)CCSC2)ccn1. The third-order valence-corrected chi connectivity index (χ3v) is 3.75. The molecule has 0 aliphatic carbocycles. The predicted molar refractivity (Wildman–Crippen MR) is 64.5 cm³/mol. The van der Waals surface area contributed by atoms with Gasteiger partial charge in [-0.15, -0.1) is 0 Å². The van der Waals surface area contributed by atoms with Gasteiger partial charge in [0.1, 0.15) is 0 Å². The van der Waals surface area contributed by atoms with Gasteiger partial charge in [0, 0.05) is 23.3 Å². The van der Waals surface area contributed by atoms with Crippen LogP contribution in [0.4, 0.5) is 5.69 Å². The minimum absolute atomic E-state index is 0.317. The van der Waals surface area contributed by atoms with Crippen molar-refractivity contribution in [1.29, 1.82) is 0 Å². The van der Waals surface area contributed by atoms with E-state index in [4.69, 9.17) is 0 Å². The van der Waals surface area contributed by atoms with Crippen molar-refractivity contribution < 1.29 is 9.90 Å². The van der Waals surface area contributed by atoms with Crippen molar-refractivity contribution in [3.05, 3.63) is 24.0 Å². The summed E-state index contributed by atoms with van der Waals surface area (Å²) in [5.74, 6) is 0.991. The lowest BCUT2D eigenvalue weighted by molar-refractivity contribution is -0.131. The molecular weight excluding hydrogens is 224 g/mol. The van der Waals surface area contributed by atoms with Gasteiger partial charge in [0.15, 0.2) is 5.60 Å². The second-order valence-electron chi connectivity index (χ2n) is 3.97. The number of pyridine rings is 1. The second kappa shape index (κ2) is 4.43. The number of rotatable bonds is 2. The maximum atomic E-state index is 11.9. The van der Waals surface area contributed by atoms with E-state index in [1.165, 1.54) is 0 Å². The van der Waals surface area contributed by atoms with Crippen molar-refractivity contribution in [3.8, 4) is 0 Å². The van der Waals surface area contributed by atoms with Gasteiger partial charge in [0.25, 0.3) is 5.91 Å². The first-order chi connectivity index (χ1) is 7.60. The number of amides is 1. The second-order valence-corrected chi connectivity index (χ2v) is 5.08. The number of aromatic nitrogens is 1. The van der Waals surface area contributed by atoms with E-state index in [1.807, 2.05) is 6.92 Å². The number of aryl methyl sites for hydroxylation is 1. The highest BCUT2D eigenvalue weighted by Crippen LogP contribution is 2.28. The zero-order valence-corrected chi connectivity index (χ0v) is 9.88. The molecule has 1 unspecified atom stereocenters. The first-order valence-corrected chi connectivity index (χ1v) is 6.30. The summed E-state index contributed by atoms with van der Waals surface area (Å²) in [6.45, 7) is 1.86. The van der Waals surface area contributed by atoms with Crippen LogP contribution in [0.25, 0.3) is 0 Å². The van der Waals surface area contributed by atoms with Crippen LogP contribution in [0, 0.1) is 6.92 Å². The number of thioether (sulfide) groups is 1. The Morgan fingerprint density at radius 2 is 2.50 bits per heavy atom. The van der Waals surface area contributed by atoms with Crippen molar-refractivity contribution >= 4 is 23.4 Å². The molecule has 1 aromatic heterocycles. The average molecular weight is 238 g/mol. The predicted octanol–water partition coefficient (Wildman–Crippen LogP) is 1.20. The summed E-state index contributed by atoms with van der Waals surface area (Å²) in [6.07, 6.45) is 2.16. The summed E-state index contributed by atoms with van der Waals surface area (Å²) >= 11 is 1.60. The van der Waals surface area contributed by atoms with Crippen molar-refractivity contribution in [1.82, 2.24) is 4.98 Å². The Hall–Kier alpha value is -1.07. The summed E-state index contributed by atoms with van der Waals surface area (Å²) in [7, 11) is 0. The molecule has 1 saturated heterocycles. The lowest BCUT2D eigenvalue weighted by Crippen LogP contribution is -2.42. The maximum absolute atomic E-state index is 11.9. The zero-order chi connectivity index (χ0) is 11.6. The van der Waals surface area contributed by atoms with Crippen LogP contribution in [-0.2, 0) is 4.79 Å². The molecule has 5 heteroatoms. The van der Waals surface area contributed by atoms with Gasteiger partial charge in [-0.2, -0.15) is 11.8 Å². The molecule has 0 spiro atoms. The molecule has 4 nitrogen and oxygen atoms in total. The molecule has 2 N–H and O–H groups in total. The number of anilines is 1. The monoisotopic (exact) mass is 238 g/mol. The number of hydrogen-bond acceptors (Lipinski definition) is 4. The van der Waals surface area contributed by atoms with Crippen LogP contribution in [-0.4, -0.2) is 33.1 Å². The molecule has 1 aliphatic heterocycles. The molecule has 1 atom stereocenters. The summed E-state index contributed by atoms with van der Waals surface area (Å²) in [5, 5.41) is 12.8. The average Bonchev–Trinajstić information content (AvgIpc) is 2.66. The Labute approximate surface area is 98.5 Å². The number of aliphatic hydroxyl groups is 1. The van der Waals surface area contributed by atoms with Gasteiger partial charge < -0.3 is 10.4 Å². The Kier molecular flexibility index (Phi) is 3.16. The molecule has 0 bridgehead atoms. The molecule has 0 radical (unpaired) electrons. The normalized spacial score (nSPS) is 24.4. The van der Waals surface area contributed by atoms with E-state index in [-0.39, 0.29) is 5.91 Å². The van der Waals surface area contributed by atoms with E-state index in [0.717, 1.165) is 11.4 Å². The van der Waals surface area contributed by atoms with Crippen molar-refractivity contribution in [3.63, 3.8) is 0 Å². The summed E-state index contributed by atoms with van der Waals surface area (Å²) in [6, 6.07) is 3.50. The van der Waals surface area contributed by atoms with Crippen LogP contribution in [0.2, 0.25) is 0 Å². The van der Waals surface area contributed by atoms with Crippen LogP contribution in [0.15, 0.2) is 18.3 Å². The van der Waals surface area contributed by atoms with Gasteiger partial charge in [0.05, 0.1) is 0 Å². The highest BCUT2D eigenvalue weighted by molar-refractivity contribution is 7.99. The van der Waals surface area contributed by atoms with Crippen LogP contribution in [0.5, 0.6) is 0 Å². The van der Waals surface area contributed by atoms with Gasteiger partial charge in [0.2, 0.25) is 0 Å². The van der Waals surface area contributed by atoms with Crippen molar-refractivity contribution in [2.45, 2.75) is 18.9 Å². The quantitative estimate of drug-likeness (QED) is 0.812. The Bertz CT molecular complexity index is 403. The summed E-state index contributed by atoms with van der Waals surface area (Å²) in [4.78, 5) is 15.9. The Morgan fingerprint density at radius 3 is 3.12 bits per heavy atom. The van der Waals surface area contributed by atoms with Gasteiger partial charge in [-0.25, -0.2) is 0 Å². The molecule has 16 heavy (non-hydrogen) atoms. The third kappa shape index (κ3) is 2.36. The third-order valence-electron chi connectivity index (χ3n) is 2.58. The topological polar surface area (TPSA) is 62.2 Å². The van der Waals surface area contributed by atoms with Crippen LogP contribution in [0.1, 0.15) is 12.1 Å². The summed E-state index contributed by atoms with van der Waals surface area (Å²) < 4.78 is 0. The highest BCUT2D eigenvalue weighted by atomic mass is 32.2. The van der Waals surface area contributed by atoms with Crippen molar-refractivity contribution in [2.24, 2.45) is 0 Å². The number of nitrogens with zero attached hydrogens (tertiary/aromatic N) is 1. The van der Waals surface area contributed by atoms with Crippen molar-refractivity contribution in [2.75, 3.05) is 16.8 Å². The molecule has 1 aromatic rings. The number of hydrogen-bond donors (Lipinski definition) is 2. The molecular formula is C11H14N2O2S. The molecule has 0 saturated carbocycles. The van der Waals surface area contributed by atoms with E-state index in [0.29, 0.717) is 17.9 Å². The largest absolute Gasteiger partial charge is 0.379 e. The van der Waals surface area contributed by atoms with E-state index in [1.54, 1.807) is 30.1 Å². The van der Waals surface area contributed by atoms with E-state index in [2.05, 4.69) is 10.3 Å². The minimum Gasteiger partial charge on any atom is -0.379 e. The van der Waals surface area contributed by atoms with Crippen LogP contribution < -0.4 is 5.32 Å². The molecule has 86 valence electrons. The molecule has 0 aromatic carbocycles. The molecule has 2 rings (SSSR count). The molecule has 1 amide bonds. The van der Waals surface area contributed by atoms with Crippen LogP contribution >= 0.6 is 11.8 Å². The van der Waals surface area contributed by atoms with Gasteiger partial charge in [-0.05, 0) is 31.2 Å². The van der Waals surface area contributed by atoms with E-state index >= 15 is 0 Å². The Balaban J connectivity index is 2.07. The molecule has 1 fully saturated rings. The first kappa shape index (κ1) is 11.4. The van der Waals surface area contributed by atoms with Gasteiger partial charge in [-0.3, -0.25) is 9.78 Å². The summed E-state index contributed by atoms with van der Waals surface area (Å²) in [5.41, 5.74) is 0.315. The highest BCUT2D eigenvalue weighted by Gasteiger charge is 2.39. The first-order valence-electron chi connectivity index (χ1n) is 5.14. The van der Waals surface area contributed by atoms with E-state index < -0.39 is 5.60 Å². The number of carbonyl (C=O) groups excluding carboxylic acids is 1. The minimum atomic E-state index is -1.21. The van der Waals surface area contributed by atoms with E-state index in [9.17, 15) is 9.90 Å². The fourth-order valence-electron chi connectivity index (χ4n) is 1.60. The molecule has 1 aliphatic rings. The molecule has 2 heterocycles. The maximum Gasteiger partial charge on any atom is 0.257 e. The number of carbonyl (C=O) groups is 1. The van der Waals surface area contributed by atoms with Crippen LogP contribution in [0.3, 0.4) is 0 Å². The lowest BCUT2D eigenvalue weighted by atomic mass is 10.0. The smallest absolute Gasteiger partial charge is 0.257 e. The number of nitrogens with one attached hydrogen (secondary N) is 1. The standard InChI is InChI=1S/C11H14N2O2S/c1-8-6-9(2-4-12-8)13-10(14)11(15)3-5-16-7-11/h2,4,6,15H,3,5,7H2,1H3,(H,12,13,14). The fraction of sp³-hybridized carbons (Fsp3) is 0.455. The zero-order valence-electron chi connectivity index (χ0n) is 9.06. The van der Waals surface area contributed by atoms with Gasteiger partial charge >= 0.3 is 0 Å². The van der Waals surface area contributed by atoms with Gasteiger partial charge in [-0.1, -0.05) is 0 Å². The lowest BCUT2D eigenvalue weighted by Gasteiger charge is -2.20. The Morgan fingerprint density at radius 1 is 1.69 bits per heavy atom. The fourth-order valence-corrected chi connectivity index (χ4v) is 2.84.